The molecule has 6 aromatic carbocycles. The van der Waals surface area contributed by atoms with E-state index < -0.39 is 23.5 Å². The van der Waals surface area contributed by atoms with Crippen LogP contribution in [0.4, 0.5) is 26.3 Å². The minimum absolute atomic E-state index is 0.224. The molecular formula is C53H56F6N4. The van der Waals surface area contributed by atoms with Crippen molar-refractivity contribution in [2.75, 3.05) is 39.3 Å². The standard InChI is InChI=1S/C28H31F3N2.C25H25F3N2/c1-21(2)33-17-16-32(20-25(33)18-22-8-4-3-5-9-22)19-23-12-14-24(15-13-23)26-10-6-7-11-27(26)28(29,30)31;26-25(27,28)24-9-5-4-8-23(24)21-12-10-20(11-13-21)17-30-15-14-29-22(18-30)16-19-6-2-1-3-7-19/h3-15,21,25H,16-20H2,1-2H3;1-13,22,29H,14-18H2. The molecule has 2 fully saturated rings. The monoisotopic (exact) mass is 862 g/mol. The highest BCUT2D eigenvalue weighted by atomic mass is 19.4. The average molecular weight is 863 g/mol. The molecule has 0 aromatic heterocycles. The van der Waals surface area contributed by atoms with Gasteiger partial charge >= 0.3 is 12.4 Å². The zero-order chi connectivity index (χ0) is 44.4. The number of nitrogens with zero attached hydrogens (tertiary/aromatic N) is 3. The number of hydrogen-bond donors (Lipinski definition) is 1. The van der Waals surface area contributed by atoms with Crippen LogP contribution >= 0.6 is 0 Å². The first-order valence-corrected chi connectivity index (χ1v) is 21.8. The third-order valence-electron chi connectivity index (χ3n) is 12.1. The second kappa shape index (κ2) is 20.9. The smallest absolute Gasteiger partial charge is 0.311 e. The van der Waals surface area contributed by atoms with Crippen molar-refractivity contribution in [3.63, 3.8) is 0 Å². The molecule has 330 valence electrons. The van der Waals surface area contributed by atoms with Crippen LogP contribution in [-0.4, -0.2) is 72.1 Å². The Labute approximate surface area is 368 Å². The molecule has 2 aliphatic rings. The maximum Gasteiger partial charge on any atom is 0.417 e. The summed E-state index contributed by atoms with van der Waals surface area (Å²) < 4.78 is 80.1. The Hall–Kier alpha value is -5.26. The molecule has 0 bridgehead atoms. The third-order valence-corrected chi connectivity index (χ3v) is 12.1. The Morgan fingerprint density at radius 3 is 1.41 bits per heavy atom. The first kappa shape index (κ1) is 45.8. The largest absolute Gasteiger partial charge is 0.417 e. The lowest BCUT2D eigenvalue weighted by atomic mass is 9.97. The lowest BCUT2D eigenvalue weighted by Crippen LogP contribution is -2.55. The van der Waals surface area contributed by atoms with Crippen molar-refractivity contribution in [2.24, 2.45) is 0 Å². The minimum atomic E-state index is -4.36. The lowest BCUT2D eigenvalue weighted by molar-refractivity contribution is -0.137. The van der Waals surface area contributed by atoms with Crippen LogP contribution in [0.2, 0.25) is 0 Å². The van der Waals surface area contributed by atoms with Crippen molar-refractivity contribution in [1.29, 1.82) is 0 Å². The Morgan fingerprint density at radius 2 is 0.937 bits per heavy atom. The first-order valence-electron chi connectivity index (χ1n) is 21.8. The van der Waals surface area contributed by atoms with Crippen molar-refractivity contribution in [3.05, 3.63) is 191 Å². The second-order valence-electron chi connectivity index (χ2n) is 17.0. The predicted molar refractivity (Wildman–Crippen MR) is 242 cm³/mol. The molecule has 2 unspecified atom stereocenters. The third kappa shape index (κ3) is 12.7. The summed E-state index contributed by atoms with van der Waals surface area (Å²) in [5, 5.41) is 3.59. The van der Waals surface area contributed by atoms with E-state index in [0.717, 1.165) is 88.5 Å². The van der Waals surface area contributed by atoms with E-state index in [1.165, 1.54) is 35.4 Å². The van der Waals surface area contributed by atoms with Gasteiger partial charge in [0.1, 0.15) is 0 Å². The number of hydrogen-bond acceptors (Lipinski definition) is 4. The highest BCUT2D eigenvalue weighted by molar-refractivity contribution is 5.69. The molecule has 63 heavy (non-hydrogen) atoms. The molecule has 0 amide bonds. The van der Waals surface area contributed by atoms with Crippen molar-refractivity contribution < 1.29 is 26.3 Å². The molecule has 2 atom stereocenters. The molecule has 2 aliphatic heterocycles. The Morgan fingerprint density at radius 1 is 0.492 bits per heavy atom. The van der Waals surface area contributed by atoms with Crippen LogP contribution in [0.15, 0.2) is 158 Å². The van der Waals surface area contributed by atoms with E-state index in [2.05, 4.69) is 82.4 Å². The van der Waals surface area contributed by atoms with Crippen molar-refractivity contribution >= 4 is 0 Å². The first-order chi connectivity index (χ1) is 30.3. The summed E-state index contributed by atoms with van der Waals surface area (Å²) in [6.07, 6.45) is -6.71. The van der Waals surface area contributed by atoms with Crippen LogP contribution in [0.1, 0.15) is 47.2 Å². The summed E-state index contributed by atoms with van der Waals surface area (Å²) in [7, 11) is 0. The van der Waals surface area contributed by atoms with E-state index in [0.29, 0.717) is 29.3 Å². The van der Waals surface area contributed by atoms with Gasteiger partial charge in [0.25, 0.3) is 0 Å². The zero-order valence-corrected chi connectivity index (χ0v) is 35.9. The molecule has 1 N–H and O–H groups in total. The van der Waals surface area contributed by atoms with E-state index in [4.69, 9.17) is 0 Å². The molecule has 2 saturated heterocycles. The van der Waals surface area contributed by atoms with Gasteiger partial charge in [0.2, 0.25) is 0 Å². The highest BCUT2D eigenvalue weighted by Crippen LogP contribution is 2.38. The van der Waals surface area contributed by atoms with E-state index in [1.807, 2.05) is 48.5 Å². The van der Waals surface area contributed by atoms with Crippen LogP contribution in [0, 0.1) is 0 Å². The second-order valence-corrected chi connectivity index (χ2v) is 17.0. The van der Waals surface area contributed by atoms with Gasteiger partial charge in [-0.15, -0.1) is 0 Å². The molecule has 8 rings (SSSR count). The van der Waals surface area contributed by atoms with E-state index in [-0.39, 0.29) is 11.1 Å². The summed E-state index contributed by atoms with van der Waals surface area (Å²) in [5.41, 5.74) is 5.37. The number of nitrogens with one attached hydrogen (secondary N) is 1. The van der Waals surface area contributed by atoms with Crippen molar-refractivity contribution in [3.8, 4) is 22.3 Å². The lowest BCUT2D eigenvalue weighted by Gasteiger charge is -2.44. The number of benzene rings is 6. The average Bonchev–Trinajstić information content (AvgIpc) is 3.27. The van der Waals surface area contributed by atoms with Gasteiger partial charge in [0.05, 0.1) is 11.1 Å². The van der Waals surface area contributed by atoms with Crippen LogP contribution < -0.4 is 5.32 Å². The normalized spacial score (nSPS) is 17.9. The molecule has 0 radical (unpaired) electrons. The van der Waals surface area contributed by atoms with Gasteiger partial charge in [0, 0.05) is 70.5 Å². The minimum Gasteiger partial charge on any atom is -0.311 e. The number of piperazine rings is 2. The Kier molecular flexibility index (Phi) is 15.2. The summed E-state index contributed by atoms with van der Waals surface area (Å²) >= 11 is 0. The van der Waals surface area contributed by atoms with Crippen LogP contribution in [-0.2, 0) is 38.3 Å². The zero-order valence-electron chi connectivity index (χ0n) is 35.9. The molecule has 0 saturated carbocycles. The van der Waals surface area contributed by atoms with E-state index in [9.17, 15) is 26.3 Å². The molecule has 6 aromatic rings. The topological polar surface area (TPSA) is 21.8 Å². The maximum absolute atomic E-state index is 13.4. The molecule has 10 heteroatoms. The number of halogens is 6. The number of alkyl halides is 6. The SMILES string of the molecule is CC(C)N1CCN(Cc2ccc(-c3ccccc3C(F)(F)F)cc2)CC1Cc1ccccc1.FC(F)(F)c1ccccc1-c1ccc(CN2CCNC(Cc3ccccc3)C2)cc1. The maximum atomic E-state index is 13.4. The van der Waals surface area contributed by atoms with E-state index >= 15 is 0 Å². The van der Waals surface area contributed by atoms with E-state index in [1.54, 1.807) is 24.3 Å². The van der Waals surface area contributed by atoms with Gasteiger partial charge in [-0.1, -0.05) is 146 Å². The summed E-state index contributed by atoms with van der Waals surface area (Å²) in [5.74, 6) is 0. The molecule has 0 aliphatic carbocycles. The van der Waals surface area contributed by atoms with Gasteiger partial charge < -0.3 is 5.32 Å². The van der Waals surface area contributed by atoms with Crippen molar-refractivity contribution in [2.45, 2.75) is 70.3 Å². The van der Waals surface area contributed by atoms with Gasteiger partial charge in [0.15, 0.2) is 0 Å². The number of rotatable bonds is 11. The van der Waals surface area contributed by atoms with Gasteiger partial charge in [-0.3, -0.25) is 14.7 Å². The molecule has 0 spiro atoms. The fraction of sp³-hybridized carbons (Fsp3) is 0.321. The molecule has 2 heterocycles. The quantitative estimate of drug-likeness (QED) is 0.131. The molecular weight excluding hydrogens is 807 g/mol. The summed E-state index contributed by atoms with van der Waals surface area (Å²) in [4.78, 5) is 7.45. The fourth-order valence-corrected chi connectivity index (χ4v) is 8.96. The van der Waals surface area contributed by atoms with Crippen molar-refractivity contribution in [1.82, 2.24) is 20.0 Å². The summed E-state index contributed by atoms with van der Waals surface area (Å²) in [6, 6.07) is 48.9. The van der Waals surface area contributed by atoms with Gasteiger partial charge in [-0.05, 0) is 83.3 Å². The Bertz CT molecular complexity index is 2310. The molecule has 4 nitrogen and oxygen atoms in total. The fourth-order valence-electron chi connectivity index (χ4n) is 8.96. The van der Waals surface area contributed by atoms with Gasteiger partial charge in [-0.2, -0.15) is 26.3 Å². The highest BCUT2D eigenvalue weighted by Gasteiger charge is 2.34. The van der Waals surface area contributed by atoms with Crippen LogP contribution in [0.5, 0.6) is 0 Å². The Balaban J connectivity index is 0.000000190. The van der Waals surface area contributed by atoms with Crippen LogP contribution in [0.3, 0.4) is 0 Å². The van der Waals surface area contributed by atoms with Crippen LogP contribution in [0.25, 0.3) is 22.3 Å². The summed E-state index contributed by atoms with van der Waals surface area (Å²) in [6.45, 7) is 12.0. The van der Waals surface area contributed by atoms with Gasteiger partial charge in [-0.25, -0.2) is 0 Å². The predicted octanol–water partition coefficient (Wildman–Crippen LogP) is 11.9.